The van der Waals surface area contributed by atoms with Gasteiger partial charge in [-0.2, -0.15) is 8.78 Å². The van der Waals surface area contributed by atoms with Crippen LogP contribution >= 0.6 is 11.6 Å². The number of alkyl halides is 2. The first-order chi connectivity index (χ1) is 13.0. The third-order valence-electron chi connectivity index (χ3n) is 3.86. The number of hydrogen-bond donors (Lipinski definition) is 2. The van der Waals surface area contributed by atoms with Crippen LogP contribution in [0.4, 0.5) is 18.9 Å². The van der Waals surface area contributed by atoms with Crippen LogP contribution in [0.1, 0.15) is 29.9 Å². The Labute approximate surface area is 164 Å². The molecule has 0 fully saturated rings. The van der Waals surface area contributed by atoms with E-state index in [0.29, 0.717) is 5.02 Å². The normalized spacial score (nSPS) is 12.6. The van der Waals surface area contributed by atoms with Gasteiger partial charge in [-0.05, 0) is 44.2 Å². The summed E-state index contributed by atoms with van der Waals surface area (Å²) in [6.45, 7) is 2.10. The number of nitrogens with two attached hydrogens (primary N) is 1. The standard InChI is InChI=1S/C18H18ClF3N4O2/c1-17(2,28-16(23)24-3)18(21,22)12-8-11(5-6-13(12)20)26-15(27)14-7-4-10(19)9-25-14/h4-9H,1-3H3,(H2,23,24)(H,26,27). The molecule has 1 aromatic heterocycles. The second kappa shape index (κ2) is 8.05. The minimum atomic E-state index is -3.80. The van der Waals surface area contributed by atoms with Gasteiger partial charge in [-0.1, -0.05) is 11.6 Å². The van der Waals surface area contributed by atoms with Crippen molar-refractivity contribution < 1.29 is 22.7 Å². The van der Waals surface area contributed by atoms with Crippen LogP contribution in [-0.2, 0) is 10.7 Å². The predicted molar refractivity (Wildman–Crippen MR) is 100 cm³/mol. The highest BCUT2D eigenvalue weighted by Crippen LogP contribution is 2.43. The smallest absolute Gasteiger partial charge is 0.314 e. The van der Waals surface area contributed by atoms with Crippen LogP contribution < -0.4 is 11.1 Å². The Bertz CT molecular complexity index is 902. The number of hydrogen-bond acceptors (Lipinski definition) is 4. The van der Waals surface area contributed by atoms with Gasteiger partial charge in [0.05, 0.1) is 10.6 Å². The topological polar surface area (TPSA) is 89.6 Å². The van der Waals surface area contributed by atoms with Crippen molar-refractivity contribution in [2.24, 2.45) is 10.7 Å². The number of amides is 1. The van der Waals surface area contributed by atoms with E-state index in [1.807, 2.05) is 0 Å². The Morgan fingerprint density at radius 2 is 1.96 bits per heavy atom. The lowest BCUT2D eigenvalue weighted by Gasteiger charge is -2.34. The van der Waals surface area contributed by atoms with Crippen LogP contribution in [0.15, 0.2) is 41.5 Å². The van der Waals surface area contributed by atoms with Crippen molar-refractivity contribution in [3.63, 3.8) is 0 Å². The van der Waals surface area contributed by atoms with Gasteiger partial charge in [-0.3, -0.25) is 4.79 Å². The quantitative estimate of drug-likeness (QED) is 0.572. The molecule has 28 heavy (non-hydrogen) atoms. The number of carbonyl (C=O) groups is 1. The minimum absolute atomic E-state index is 0.0117. The Balaban J connectivity index is 2.34. The Morgan fingerprint density at radius 3 is 2.54 bits per heavy atom. The van der Waals surface area contributed by atoms with E-state index in [1.165, 1.54) is 25.4 Å². The maximum absolute atomic E-state index is 15.0. The molecule has 0 saturated carbocycles. The van der Waals surface area contributed by atoms with Gasteiger partial charge in [0.2, 0.25) is 0 Å². The molecule has 0 bridgehead atoms. The summed E-state index contributed by atoms with van der Waals surface area (Å²) in [5.41, 5.74) is 2.15. The minimum Gasteiger partial charge on any atom is -0.453 e. The third kappa shape index (κ3) is 4.53. The number of aromatic nitrogens is 1. The van der Waals surface area contributed by atoms with Crippen molar-refractivity contribution in [3.8, 4) is 0 Å². The van der Waals surface area contributed by atoms with Gasteiger partial charge in [0.15, 0.2) is 5.60 Å². The number of carbonyl (C=O) groups excluding carboxylic acids is 1. The van der Waals surface area contributed by atoms with Gasteiger partial charge in [0.25, 0.3) is 11.9 Å². The summed E-state index contributed by atoms with van der Waals surface area (Å²) in [7, 11) is 1.27. The maximum Gasteiger partial charge on any atom is 0.314 e. The van der Waals surface area contributed by atoms with Crippen molar-refractivity contribution in [2.75, 3.05) is 12.4 Å². The van der Waals surface area contributed by atoms with Crippen LogP contribution in [-0.4, -0.2) is 29.6 Å². The molecule has 1 amide bonds. The molecule has 0 aliphatic heterocycles. The van der Waals surface area contributed by atoms with Crippen LogP contribution in [0.3, 0.4) is 0 Å². The fraction of sp³-hybridized carbons (Fsp3) is 0.278. The molecule has 0 aliphatic rings. The zero-order valence-corrected chi connectivity index (χ0v) is 16.0. The maximum atomic E-state index is 15.0. The summed E-state index contributed by atoms with van der Waals surface area (Å²) in [6.07, 6.45) is 1.26. The molecule has 2 aromatic rings. The van der Waals surface area contributed by atoms with Gasteiger partial charge in [0.1, 0.15) is 11.5 Å². The second-order valence-corrected chi connectivity index (χ2v) is 6.70. The van der Waals surface area contributed by atoms with Gasteiger partial charge in [0, 0.05) is 18.9 Å². The molecule has 0 saturated heterocycles. The third-order valence-corrected chi connectivity index (χ3v) is 4.08. The van der Waals surface area contributed by atoms with Crippen LogP contribution in [0.5, 0.6) is 0 Å². The first kappa shape index (κ1) is 21.5. The van der Waals surface area contributed by atoms with Crippen molar-refractivity contribution in [2.45, 2.75) is 25.4 Å². The fourth-order valence-corrected chi connectivity index (χ4v) is 2.36. The number of rotatable bonds is 5. The SMILES string of the molecule is CN=C(N)OC(C)(C)C(F)(F)c1cc(NC(=O)c2ccc(Cl)cn2)ccc1F. The molecule has 1 heterocycles. The molecule has 0 aliphatic carbocycles. The summed E-state index contributed by atoms with van der Waals surface area (Å²) in [5, 5.41) is 2.72. The number of halogens is 4. The number of ether oxygens (including phenoxy) is 1. The fourth-order valence-electron chi connectivity index (χ4n) is 2.24. The zero-order chi connectivity index (χ0) is 21.1. The van der Waals surface area contributed by atoms with Crippen molar-refractivity contribution in [1.82, 2.24) is 4.98 Å². The van der Waals surface area contributed by atoms with E-state index in [9.17, 15) is 18.0 Å². The number of amidine groups is 1. The molecule has 0 unspecified atom stereocenters. The highest BCUT2D eigenvalue weighted by atomic mass is 35.5. The molecule has 6 nitrogen and oxygen atoms in total. The number of benzene rings is 1. The molecule has 1 aromatic carbocycles. The largest absolute Gasteiger partial charge is 0.453 e. The average molecular weight is 415 g/mol. The summed E-state index contributed by atoms with van der Waals surface area (Å²) in [6, 6.07) is 5.14. The molecule has 3 N–H and O–H groups in total. The molecule has 0 radical (unpaired) electrons. The number of anilines is 1. The molecule has 0 atom stereocenters. The van der Waals surface area contributed by atoms with E-state index in [2.05, 4.69) is 15.3 Å². The Kier molecular flexibility index (Phi) is 6.18. The van der Waals surface area contributed by atoms with Crippen molar-refractivity contribution in [1.29, 1.82) is 0 Å². The molecular weight excluding hydrogens is 397 g/mol. The molecule has 150 valence electrons. The number of nitrogens with one attached hydrogen (secondary N) is 1. The van der Waals surface area contributed by atoms with Crippen LogP contribution in [0, 0.1) is 5.82 Å². The van der Waals surface area contributed by atoms with E-state index >= 15 is 0 Å². The van der Waals surface area contributed by atoms with Crippen molar-refractivity contribution >= 4 is 29.2 Å². The first-order valence-corrected chi connectivity index (χ1v) is 8.37. The predicted octanol–water partition coefficient (Wildman–Crippen LogP) is 3.96. The van der Waals surface area contributed by atoms with Gasteiger partial charge < -0.3 is 15.8 Å². The highest BCUT2D eigenvalue weighted by molar-refractivity contribution is 6.30. The van der Waals surface area contributed by atoms with E-state index in [-0.39, 0.29) is 11.4 Å². The van der Waals surface area contributed by atoms with E-state index < -0.39 is 34.8 Å². The van der Waals surface area contributed by atoms with Crippen LogP contribution in [0.25, 0.3) is 0 Å². The zero-order valence-electron chi connectivity index (χ0n) is 15.3. The van der Waals surface area contributed by atoms with E-state index in [1.54, 1.807) is 0 Å². The second-order valence-electron chi connectivity index (χ2n) is 6.26. The summed E-state index contributed by atoms with van der Waals surface area (Å²) >= 11 is 5.71. The molecule has 0 spiro atoms. The van der Waals surface area contributed by atoms with Gasteiger partial charge in [-0.25, -0.2) is 14.4 Å². The number of aliphatic imine (C=N–C) groups is 1. The highest BCUT2D eigenvalue weighted by Gasteiger charge is 2.52. The van der Waals surface area contributed by atoms with Gasteiger partial charge >= 0.3 is 5.92 Å². The summed E-state index contributed by atoms with van der Waals surface area (Å²) < 4.78 is 49.1. The molecular formula is C18H18ClF3N4O2. The first-order valence-electron chi connectivity index (χ1n) is 8.00. The Hall–Kier alpha value is -2.81. The Morgan fingerprint density at radius 1 is 1.29 bits per heavy atom. The van der Waals surface area contributed by atoms with E-state index in [4.69, 9.17) is 22.1 Å². The van der Waals surface area contributed by atoms with Crippen molar-refractivity contribution in [3.05, 3.63) is 58.6 Å². The van der Waals surface area contributed by atoms with Gasteiger partial charge in [-0.15, -0.1) is 0 Å². The molecule has 10 heteroatoms. The average Bonchev–Trinajstić information content (AvgIpc) is 2.63. The van der Waals surface area contributed by atoms with Crippen LogP contribution in [0.2, 0.25) is 5.02 Å². The van der Waals surface area contributed by atoms with E-state index in [0.717, 1.165) is 32.0 Å². The monoisotopic (exact) mass is 414 g/mol. The lowest BCUT2D eigenvalue weighted by molar-refractivity contribution is -0.162. The lowest BCUT2D eigenvalue weighted by atomic mass is 9.92. The lowest BCUT2D eigenvalue weighted by Crippen LogP contribution is -2.46. The molecule has 2 rings (SSSR count). The number of nitrogens with zero attached hydrogens (tertiary/aromatic N) is 2. The summed E-state index contributed by atoms with van der Waals surface area (Å²) in [4.78, 5) is 19.5. The number of pyridine rings is 1. The summed E-state index contributed by atoms with van der Waals surface area (Å²) in [5.74, 6) is -5.64.